The van der Waals surface area contributed by atoms with Crippen LogP contribution in [-0.4, -0.2) is 11.5 Å². The van der Waals surface area contributed by atoms with Gasteiger partial charge in [-0.1, -0.05) is 135 Å². The zero-order valence-electron chi connectivity index (χ0n) is 19.0. The highest BCUT2D eigenvalue weighted by Crippen LogP contribution is 2.27. The lowest BCUT2D eigenvalue weighted by Crippen LogP contribution is -2.07. The van der Waals surface area contributed by atoms with Gasteiger partial charge in [-0.25, -0.2) is 0 Å². The van der Waals surface area contributed by atoms with Crippen molar-refractivity contribution in [1.29, 1.82) is 0 Å². The van der Waals surface area contributed by atoms with Gasteiger partial charge in [-0.15, -0.1) is 0 Å². The molecular weight excluding hydrogens is 344 g/mol. The van der Waals surface area contributed by atoms with E-state index in [2.05, 4.69) is 18.7 Å². The van der Waals surface area contributed by atoms with Crippen LogP contribution in [0.4, 0.5) is 0 Å². The molecule has 0 bridgehead atoms. The first kappa shape index (κ1) is 25.4. The molecule has 0 radical (unpaired) electrons. The van der Waals surface area contributed by atoms with E-state index >= 15 is 0 Å². The molecule has 0 aromatic rings. The first-order valence-electron chi connectivity index (χ1n) is 13.0. The predicted molar refractivity (Wildman–Crippen MR) is 128 cm³/mol. The topological polar surface area (TPSA) is 0 Å². The fourth-order valence-electron chi connectivity index (χ4n) is 4.58. The summed E-state index contributed by atoms with van der Waals surface area (Å²) in [4.78, 5) is 0. The van der Waals surface area contributed by atoms with E-state index in [1.54, 1.807) is 0 Å². The van der Waals surface area contributed by atoms with E-state index in [1.165, 1.54) is 153 Å². The Morgan fingerprint density at radius 3 is 1.44 bits per heavy atom. The monoisotopic (exact) mass is 396 g/mol. The number of rotatable bonds is 20. The fourth-order valence-corrected chi connectivity index (χ4v) is 5.69. The van der Waals surface area contributed by atoms with Gasteiger partial charge < -0.3 is 0 Å². The van der Waals surface area contributed by atoms with Gasteiger partial charge in [0.15, 0.2) is 0 Å². The van der Waals surface area contributed by atoms with E-state index in [0.29, 0.717) is 0 Å². The third-order valence-electron chi connectivity index (χ3n) is 6.54. The summed E-state index contributed by atoms with van der Waals surface area (Å²) in [5.74, 6) is 3.94. The highest BCUT2D eigenvalue weighted by Gasteiger charge is 2.12. The lowest BCUT2D eigenvalue weighted by molar-refractivity contribution is 0.351. The molecule has 0 nitrogen and oxygen atoms in total. The van der Waals surface area contributed by atoms with E-state index in [9.17, 15) is 0 Å². The zero-order chi connectivity index (χ0) is 19.3. The summed E-state index contributed by atoms with van der Waals surface area (Å²) >= 11 is 2.23. The minimum atomic E-state index is 1.08. The van der Waals surface area contributed by atoms with E-state index < -0.39 is 0 Å². The highest BCUT2D eigenvalue weighted by atomic mass is 32.2. The second-order valence-corrected chi connectivity index (χ2v) is 10.4. The van der Waals surface area contributed by atoms with Gasteiger partial charge in [0, 0.05) is 0 Å². The van der Waals surface area contributed by atoms with Crippen molar-refractivity contribution < 1.29 is 0 Å². The van der Waals surface area contributed by atoms with Crippen molar-refractivity contribution in [2.45, 2.75) is 148 Å². The fraction of sp³-hybridized carbons (Fsp3) is 1.00. The molecule has 1 fully saturated rings. The van der Waals surface area contributed by atoms with Crippen molar-refractivity contribution in [2.24, 2.45) is 5.92 Å². The summed E-state index contributed by atoms with van der Waals surface area (Å²) in [6.45, 7) is 2.30. The SMILES string of the molecule is CCCCCCCCCCCCCCCCCCSCCC1CCCCC1. The van der Waals surface area contributed by atoms with Crippen LogP contribution in [0.25, 0.3) is 0 Å². The summed E-state index contributed by atoms with van der Waals surface area (Å²) in [6.07, 6.45) is 32.7. The third-order valence-corrected chi connectivity index (χ3v) is 7.64. The lowest BCUT2D eigenvalue weighted by atomic mass is 9.88. The largest absolute Gasteiger partial charge is 0.162 e. The Balaban J connectivity index is 1.64. The van der Waals surface area contributed by atoms with Crippen molar-refractivity contribution in [3.8, 4) is 0 Å². The zero-order valence-corrected chi connectivity index (χ0v) is 19.8. The molecule has 0 N–H and O–H groups in total. The first-order valence-corrected chi connectivity index (χ1v) is 14.2. The second kappa shape index (κ2) is 21.1. The van der Waals surface area contributed by atoms with Crippen molar-refractivity contribution in [3.63, 3.8) is 0 Å². The lowest BCUT2D eigenvalue weighted by Gasteiger charge is -2.20. The van der Waals surface area contributed by atoms with Gasteiger partial charge in [0.25, 0.3) is 0 Å². The van der Waals surface area contributed by atoms with Gasteiger partial charge in [-0.05, 0) is 30.3 Å². The van der Waals surface area contributed by atoms with E-state index in [4.69, 9.17) is 0 Å². The molecule has 0 saturated heterocycles. The molecule has 27 heavy (non-hydrogen) atoms. The summed E-state index contributed by atoms with van der Waals surface area (Å²) in [5, 5.41) is 0. The van der Waals surface area contributed by atoms with E-state index in [-0.39, 0.29) is 0 Å². The predicted octanol–water partition coefficient (Wildman–Crippen LogP) is 9.95. The molecule has 1 rings (SSSR count). The first-order chi connectivity index (χ1) is 13.4. The van der Waals surface area contributed by atoms with E-state index in [1.807, 2.05) is 0 Å². The summed E-state index contributed by atoms with van der Waals surface area (Å²) in [6, 6.07) is 0. The van der Waals surface area contributed by atoms with Crippen LogP contribution in [0.2, 0.25) is 0 Å². The van der Waals surface area contributed by atoms with Gasteiger partial charge in [-0.3, -0.25) is 0 Å². The Morgan fingerprint density at radius 2 is 0.963 bits per heavy atom. The Morgan fingerprint density at radius 1 is 0.519 bits per heavy atom. The van der Waals surface area contributed by atoms with Crippen LogP contribution in [0, 0.1) is 5.92 Å². The Labute approximate surface area is 177 Å². The summed E-state index contributed by atoms with van der Waals surface area (Å²) < 4.78 is 0. The molecule has 0 heterocycles. The van der Waals surface area contributed by atoms with Crippen LogP contribution in [-0.2, 0) is 0 Å². The van der Waals surface area contributed by atoms with Crippen LogP contribution in [0.15, 0.2) is 0 Å². The molecule has 0 aliphatic heterocycles. The van der Waals surface area contributed by atoms with Crippen LogP contribution in [0.5, 0.6) is 0 Å². The third kappa shape index (κ3) is 18.1. The highest BCUT2D eigenvalue weighted by molar-refractivity contribution is 7.99. The van der Waals surface area contributed by atoms with Crippen LogP contribution >= 0.6 is 11.8 Å². The van der Waals surface area contributed by atoms with Gasteiger partial charge in [-0.2, -0.15) is 11.8 Å². The standard InChI is InChI=1S/C26H52S/c1-2-3-4-5-6-7-8-9-10-11-12-13-14-15-16-20-24-27-25-23-26-21-18-17-19-22-26/h26H,2-25H2,1H3. The van der Waals surface area contributed by atoms with Crippen molar-refractivity contribution in [1.82, 2.24) is 0 Å². The van der Waals surface area contributed by atoms with Gasteiger partial charge in [0.2, 0.25) is 0 Å². The number of hydrogen-bond acceptors (Lipinski definition) is 1. The minimum Gasteiger partial charge on any atom is -0.162 e. The van der Waals surface area contributed by atoms with Crippen LogP contribution in [0.3, 0.4) is 0 Å². The quantitative estimate of drug-likeness (QED) is 0.184. The van der Waals surface area contributed by atoms with Crippen molar-refractivity contribution >= 4 is 11.8 Å². The molecule has 0 amide bonds. The van der Waals surface area contributed by atoms with Crippen molar-refractivity contribution in [2.75, 3.05) is 11.5 Å². The van der Waals surface area contributed by atoms with Gasteiger partial charge in [0.05, 0.1) is 0 Å². The smallest absolute Gasteiger partial charge is 0.00649 e. The van der Waals surface area contributed by atoms with E-state index in [0.717, 1.165) is 5.92 Å². The molecule has 1 heteroatoms. The molecule has 0 atom stereocenters. The Bertz CT molecular complexity index is 269. The average Bonchev–Trinajstić information content (AvgIpc) is 2.70. The van der Waals surface area contributed by atoms with Crippen LogP contribution in [0.1, 0.15) is 148 Å². The molecule has 0 aromatic carbocycles. The molecule has 0 spiro atoms. The maximum absolute atomic E-state index is 2.30. The minimum absolute atomic E-state index is 1.08. The number of hydrogen-bond donors (Lipinski definition) is 0. The molecule has 1 aliphatic rings. The van der Waals surface area contributed by atoms with Gasteiger partial charge in [0.1, 0.15) is 0 Å². The number of unbranched alkanes of at least 4 members (excludes halogenated alkanes) is 15. The van der Waals surface area contributed by atoms with Crippen LogP contribution < -0.4 is 0 Å². The van der Waals surface area contributed by atoms with Gasteiger partial charge >= 0.3 is 0 Å². The number of thioether (sulfide) groups is 1. The second-order valence-electron chi connectivity index (χ2n) is 9.21. The molecule has 0 unspecified atom stereocenters. The maximum atomic E-state index is 2.30. The molecule has 1 aliphatic carbocycles. The average molecular weight is 397 g/mol. The Hall–Kier alpha value is 0.350. The molecule has 1 saturated carbocycles. The maximum Gasteiger partial charge on any atom is -0.00649 e. The molecule has 0 aromatic heterocycles. The molecular formula is C26H52S. The molecule has 162 valence electrons. The normalized spacial score (nSPS) is 15.4. The Kier molecular flexibility index (Phi) is 19.8. The van der Waals surface area contributed by atoms with Crippen molar-refractivity contribution in [3.05, 3.63) is 0 Å². The summed E-state index contributed by atoms with van der Waals surface area (Å²) in [7, 11) is 0. The summed E-state index contributed by atoms with van der Waals surface area (Å²) in [5.41, 5.74) is 0.